The maximum Gasteiger partial charge on any atom is 0.417 e. The highest BCUT2D eigenvalue weighted by Gasteiger charge is 2.33. The van der Waals surface area contributed by atoms with Crippen molar-refractivity contribution >= 4 is 51.6 Å². The van der Waals surface area contributed by atoms with Crippen molar-refractivity contribution in [2.45, 2.75) is 12.6 Å². The van der Waals surface area contributed by atoms with Gasteiger partial charge in [0.2, 0.25) is 0 Å². The maximum atomic E-state index is 13.0. The van der Waals surface area contributed by atoms with Gasteiger partial charge in [0, 0.05) is 41.7 Å². The quantitative estimate of drug-likeness (QED) is 0.435. The Morgan fingerprint density at radius 2 is 1.84 bits per heavy atom. The number of thiocarbonyl (C=S) groups is 1. The number of nitrogens with one attached hydrogen (secondary N) is 2. The first-order chi connectivity index (χ1) is 14.8. The number of alkyl halides is 3. The summed E-state index contributed by atoms with van der Waals surface area (Å²) in [5, 5.41) is 5.64. The Hall–Kier alpha value is -2.84. The first-order valence-electron chi connectivity index (χ1n) is 9.52. The van der Waals surface area contributed by atoms with Crippen molar-refractivity contribution in [3.8, 4) is 0 Å². The van der Waals surface area contributed by atoms with E-state index in [-0.39, 0.29) is 17.3 Å². The smallest absolute Gasteiger partial charge is 0.379 e. The average molecular weight is 463 g/mol. The molecule has 160 valence electrons. The lowest BCUT2D eigenvalue weighted by atomic mass is 10.2. The summed E-state index contributed by atoms with van der Waals surface area (Å²) in [4.78, 5) is 6.78. The molecule has 2 heterocycles. The Balaban J connectivity index is 1.35. The Labute approximate surface area is 188 Å². The van der Waals surface area contributed by atoms with Crippen LogP contribution in [0.3, 0.4) is 0 Å². The van der Waals surface area contributed by atoms with Gasteiger partial charge < -0.3 is 15.5 Å². The molecule has 3 aromatic rings. The van der Waals surface area contributed by atoms with Crippen LogP contribution in [0.15, 0.2) is 60.9 Å². The van der Waals surface area contributed by atoms with E-state index in [1.165, 1.54) is 23.4 Å². The van der Waals surface area contributed by atoms with Gasteiger partial charge in [-0.05, 0) is 60.5 Å². The summed E-state index contributed by atoms with van der Waals surface area (Å²) in [5.74, 6) is 0. The van der Waals surface area contributed by atoms with E-state index in [0.717, 1.165) is 30.4 Å². The van der Waals surface area contributed by atoms with E-state index in [1.54, 1.807) is 6.20 Å². The first kappa shape index (κ1) is 21.4. The van der Waals surface area contributed by atoms with Crippen LogP contribution in [0, 0.1) is 0 Å². The highest BCUT2D eigenvalue weighted by Crippen LogP contribution is 2.36. The third-order valence-corrected chi connectivity index (χ3v) is 5.54. The van der Waals surface area contributed by atoms with Gasteiger partial charge >= 0.3 is 6.18 Å². The minimum Gasteiger partial charge on any atom is -0.379 e. The number of nitrogens with zero attached hydrogens (tertiary/aromatic N) is 2. The second kappa shape index (κ2) is 8.72. The SMILES string of the molecule is FC(F)(F)c1cc(NC(=S)CNc2ccc(N3CCc4cnccc43)cc2)ccc1Cl. The fraction of sp³-hybridized carbons (Fsp3) is 0.182. The highest BCUT2D eigenvalue weighted by molar-refractivity contribution is 7.80. The van der Waals surface area contributed by atoms with Gasteiger partial charge in [-0.15, -0.1) is 0 Å². The van der Waals surface area contributed by atoms with Crippen molar-refractivity contribution in [2.75, 3.05) is 28.6 Å². The number of pyridine rings is 1. The molecule has 4 nitrogen and oxygen atoms in total. The second-order valence-electron chi connectivity index (χ2n) is 7.05. The molecule has 2 aromatic carbocycles. The van der Waals surface area contributed by atoms with Crippen LogP contribution in [0.1, 0.15) is 11.1 Å². The van der Waals surface area contributed by atoms with Gasteiger partial charge in [0.15, 0.2) is 0 Å². The predicted octanol–water partition coefficient (Wildman–Crippen LogP) is 6.30. The van der Waals surface area contributed by atoms with Crippen LogP contribution < -0.4 is 15.5 Å². The molecule has 1 aromatic heterocycles. The lowest BCUT2D eigenvalue weighted by molar-refractivity contribution is -0.137. The lowest BCUT2D eigenvalue weighted by Gasteiger charge is -2.20. The molecule has 31 heavy (non-hydrogen) atoms. The number of hydrogen-bond acceptors (Lipinski definition) is 4. The lowest BCUT2D eigenvalue weighted by Crippen LogP contribution is -2.20. The van der Waals surface area contributed by atoms with Crippen molar-refractivity contribution < 1.29 is 13.2 Å². The number of fused-ring (bicyclic) bond motifs is 1. The molecule has 4 rings (SSSR count). The number of anilines is 4. The average Bonchev–Trinajstić information content (AvgIpc) is 3.17. The van der Waals surface area contributed by atoms with Gasteiger partial charge in [-0.25, -0.2) is 0 Å². The molecule has 0 amide bonds. The molecule has 0 bridgehead atoms. The van der Waals surface area contributed by atoms with Gasteiger partial charge in [-0.3, -0.25) is 4.98 Å². The molecule has 0 aliphatic carbocycles. The molecule has 0 atom stereocenters. The van der Waals surface area contributed by atoms with Crippen molar-refractivity contribution in [3.05, 3.63) is 77.1 Å². The van der Waals surface area contributed by atoms with Gasteiger partial charge in [0.25, 0.3) is 0 Å². The third kappa shape index (κ3) is 4.91. The maximum absolute atomic E-state index is 13.0. The molecule has 1 aliphatic heterocycles. The molecule has 0 radical (unpaired) electrons. The van der Waals surface area contributed by atoms with Gasteiger partial charge in [0.05, 0.1) is 22.1 Å². The van der Waals surface area contributed by atoms with Crippen LogP contribution in [0.5, 0.6) is 0 Å². The number of aromatic nitrogens is 1. The summed E-state index contributed by atoms with van der Waals surface area (Å²) in [6, 6.07) is 13.6. The van der Waals surface area contributed by atoms with Gasteiger partial charge in [0.1, 0.15) is 0 Å². The number of benzene rings is 2. The molecule has 0 saturated carbocycles. The predicted molar refractivity (Wildman–Crippen MR) is 123 cm³/mol. The van der Waals surface area contributed by atoms with Crippen LogP contribution in [0.2, 0.25) is 5.02 Å². The van der Waals surface area contributed by atoms with Gasteiger partial charge in [-0.2, -0.15) is 13.2 Å². The zero-order chi connectivity index (χ0) is 22.0. The molecular formula is C22H18ClF3N4S. The topological polar surface area (TPSA) is 40.2 Å². The first-order valence-corrected chi connectivity index (χ1v) is 10.3. The van der Waals surface area contributed by atoms with Crippen molar-refractivity contribution in [2.24, 2.45) is 0 Å². The molecule has 0 spiro atoms. The monoisotopic (exact) mass is 462 g/mol. The summed E-state index contributed by atoms with van der Waals surface area (Å²) >= 11 is 10.9. The van der Waals surface area contributed by atoms with Crippen LogP contribution in [0.4, 0.5) is 35.9 Å². The van der Waals surface area contributed by atoms with Crippen molar-refractivity contribution in [3.63, 3.8) is 0 Å². The molecule has 9 heteroatoms. The van der Waals surface area contributed by atoms with E-state index in [4.69, 9.17) is 23.8 Å². The summed E-state index contributed by atoms with van der Waals surface area (Å²) in [5.41, 5.74) is 3.68. The highest BCUT2D eigenvalue weighted by atomic mass is 35.5. The van der Waals surface area contributed by atoms with Crippen LogP contribution in [-0.4, -0.2) is 23.1 Å². The number of hydrogen-bond donors (Lipinski definition) is 2. The second-order valence-corrected chi connectivity index (χ2v) is 7.95. The Bertz CT molecular complexity index is 1100. The largest absolute Gasteiger partial charge is 0.417 e. The van der Waals surface area contributed by atoms with E-state index in [0.29, 0.717) is 4.99 Å². The van der Waals surface area contributed by atoms with Crippen LogP contribution in [-0.2, 0) is 12.6 Å². The molecule has 1 aliphatic rings. The van der Waals surface area contributed by atoms with Crippen molar-refractivity contribution in [1.29, 1.82) is 0 Å². The van der Waals surface area contributed by atoms with E-state index in [2.05, 4.69) is 20.5 Å². The molecular weight excluding hydrogens is 445 g/mol. The molecule has 0 saturated heterocycles. The standard InChI is InChI=1S/C22H18ClF3N4S/c23-19-6-3-16(11-18(19)22(24,25)26)29-21(31)13-28-15-1-4-17(5-2-15)30-10-8-14-12-27-9-7-20(14)30/h1-7,9,11-12,28H,8,10,13H2,(H,29,31). The number of rotatable bonds is 5. The zero-order valence-electron chi connectivity index (χ0n) is 16.2. The Kier molecular flexibility index (Phi) is 6.02. The summed E-state index contributed by atoms with van der Waals surface area (Å²) in [6.45, 7) is 1.18. The number of halogens is 4. The zero-order valence-corrected chi connectivity index (χ0v) is 17.8. The van der Waals surface area contributed by atoms with E-state index >= 15 is 0 Å². The summed E-state index contributed by atoms with van der Waals surface area (Å²) in [6.07, 6.45) is 0.129. The Morgan fingerprint density at radius 1 is 1.10 bits per heavy atom. The minimum atomic E-state index is -4.53. The molecule has 0 fully saturated rings. The Morgan fingerprint density at radius 3 is 2.58 bits per heavy atom. The van der Waals surface area contributed by atoms with Gasteiger partial charge in [-0.1, -0.05) is 23.8 Å². The molecule has 2 N–H and O–H groups in total. The van der Waals surface area contributed by atoms with E-state index < -0.39 is 11.7 Å². The fourth-order valence-electron chi connectivity index (χ4n) is 3.46. The summed E-state index contributed by atoms with van der Waals surface area (Å²) in [7, 11) is 0. The van der Waals surface area contributed by atoms with Crippen LogP contribution >= 0.6 is 23.8 Å². The normalized spacial score (nSPS) is 13.1. The fourth-order valence-corrected chi connectivity index (χ4v) is 3.88. The third-order valence-electron chi connectivity index (χ3n) is 4.96. The van der Waals surface area contributed by atoms with E-state index in [9.17, 15) is 13.2 Å². The van der Waals surface area contributed by atoms with Crippen molar-refractivity contribution in [1.82, 2.24) is 4.98 Å². The minimum absolute atomic E-state index is 0.237. The van der Waals surface area contributed by atoms with Crippen LogP contribution in [0.25, 0.3) is 0 Å². The summed E-state index contributed by atoms with van der Waals surface area (Å²) < 4.78 is 39.0. The molecule has 0 unspecified atom stereocenters. The van der Waals surface area contributed by atoms with E-state index in [1.807, 2.05) is 36.5 Å².